The summed E-state index contributed by atoms with van der Waals surface area (Å²) in [5, 5.41) is 9.95. The highest BCUT2D eigenvalue weighted by Gasteiger charge is 2.39. The average Bonchev–Trinajstić information content (AvgIpc) is 2.41. The molecule has 2 aliphatic rings. The van der Waals surface area contributed by atoms with Gasteiger partial charge in [-0.1, -0.05) is 6.92 Å². The fraction of sp³-hybridized carbons (Fsp3) is 0.600. The van der Waals surface area contributed by atoms with Gasteiger partial charge in [-0.2, -0.15) is 0 Å². The average molecular weight is 310 g/mol. The summed E-state index contributed by atoms with van der Waals surface area (Å²) in [6.07, 6.45) is 3.59. The Morgan fingerprint density at radius 3 is 3.00 bits per heavy atom. The number of phenols is 1. The first-order valence-corrected chi connectivity index (χ1v) is 7.48. The van der Waals surface area contributed by atoms with Crippen LogP contribution >= 0.6 is 15.9 Å². The molecule has 2 nitrogen and oxygen atoms in total. The largest absolute Gasteiger partial charge is 0.507 e. The number of nitrogens with zero attached hydrogens (tertiary/aromatic N) is 1. The summed E-state index contributed by atoms with van der Waals surface area (Å²) in [4.78, 5) is 2.46. The van der Waals surface area contributed by atoms with Crippen molar-refractivity contribution in [3.05, 3.63) is 27.7 Å². The second-order valence-corrected chi connectivity index (χ2v) is 7.16. The van der Waals surface area contributed by atoms with Gasteiger partial charge in [0.2, 0.25) is 0 Å². The summed E-state index contributed by atoms with van der Waals surface area (Å²) in [6, 6.07) is 4.11. The van der Waals surface area contributed by atoms with E-state index in [2.05, 4.69) is 40.9 Å². The van der Waals surface area contributed by atoms with E-state index in [-0.39, 0.29) is 5.41 Å². The van der Waals surface area contributed by atoms with Crippen LogP contribution in [-0.2, 0) is 11.8 Å². The SMILES string of the molecule is CN1CC[C@]2(C)C[C@@H](Cc3cc(Br)c(O)cc32)C1. The first kappa shape index (κ1) is 12.5. The molecule has 98 valence electrons. The van der Waals surface area contributed by atoms with Gasteiger partial charge >= 0.3 is 0 Å². The first-order valence-electron chi connectivity index (χ1n) is 6.68. The topological polar surface area (TPSA) is 23.5 Å². The summed E-state index contributed by atoms with van der Waals surface area (Å²) in [5.74, 6) is 1.14. The van der Waals surface area contributed by atoms with Gasteiger partial charge in [0.05, 0.1) is 4.47 Å². The minimum absolute atomic E-state index is 0.237. The van der Waals surface area contributed by atoms with Crippen molar-refractivity contribution >= 4 is 15.9 Å². The Hall–Kier alpha value is -0.540. The van der Waals surface area contributed by atoms with E-state index >= 15 is 0 Å². The number of hydrogen-bond acceptors (Lipinski definition) is 2. The summed E-state index contributed by atoms with van der Waals surface area (Å²) >= 11 is 3.44. The van der Waals surface area contributed by atoms with E-state index in [1.807, 2.05) is 6.07 Å². The van der Waals surface area contributed by atoms with E-state index in [0.29, 0.717) is 5.75 Å². The maximum Gasteiger partial charge on any atom is 0.130 e. The standard InChI is InChI=1S/C15H20BrNO/c1-15-3-4-17(2)9-10(8-15)5-11-6-13(16)14(18)7-12(11)15/h6-7,10,18H,3-5,8-9H2,1-2H3/t10-,15-/m1/s1. The van der Waals surface area contributed by atoms with Crippen LogP contribution in [0.25, 0.3) is 0 Å². The summed E-state index contributed by atoms with van der Waals surface area (Å²) in [7, 11) is 2.22. The highest BCUT2D eigenvalue weighted by molar-refractivity contribution is 9.10. The zero-order valence-electron chi connectivity index (χ0n) is 11.0. The van der Waals surface area contributed by atoms with Gasteiger partial charge in [-0.25, -0.2) is 0 Å². The van der Waals surface area contributed by atoms with E-state index in [1.165, 1.54) is 30.5 Å². The molecule has 18 heavy (non-hydrogen) atoms. The smallest absolute Gasteiger partial charge is 0.130 e. The predicted molar refractivity (Wildman–Crippen MR) is 77.1 cm³/mol. The van der Waals surface area contributed by atoms with E-state index in [1.54, 1.807) is 0 Å². The molecule has 0 unspecified atom stereocenters. The lowest BCUT2D eigenvalue weighted by Crippen LogP contribution is -2.32. The number of aromatic hydroxyl groups is 1. The van der Waals surface area contributed by atoms with Crippen molar-refractivity contribution in [2.75, 3.05) is 20.1 Å². The lowest BCUT2D eigenvalue weighted by Gasteiger charge is -2.38. The molecule has 0 aromatic heterocycles. The zero-order chi connectivity index (χ0) is 12.9. The Morgan fingerprint density at radius 1 is 1.44 bits per heavy atom. The molecule has 2 atom stereocenters. The van der Waals surface area contributed by atoms with Crippen molar-refractivity contribution in [2.45, 2.75) is 31.6 Å². The Balaban J connectivity index is 2.10. The molecular formula is C15H20BrNO. The van der Waals surface area contributed by atoms with Crippen molar-refractivity contribution in [1.82, 2.24) is 4.90 Å². The number of halogens is 1. The molecule has 0 saturated carbocycles. The molecule has 1 aromatic carbocycles. The van der Waals surface area contributed by atoms with Crippen LogP contribution in [0.4, 0.5) is 0 Å². The van der Waals surface area contributed by atoms with Gasteiger partial charge < -0.3 is 10.0 Å². The molecule has 1 saturated heterocycles. The first-order chi connectivity index (χ1) is 8.48. The molecule has 1 aliphatic carbocycles. The molecular weight excluding hydrogens is 290 g/mol. The molecule has 3 heteroatoms. The molecule has 1 heterocycles. The van der Waals surface area contributed by atoms with E-state index in [0.717, 1.165) is 23.4 Å². The third-order valence-corrected chi connectivity index (χ3v) is 5.32. The fourth-order valence-electron chi connectivity index (χ4n) is 3.80. The Labute approximate surface area is 117 Å². The third kappa shape index (κ3) is 1.97. The van der Waals surface area contributed by atoms with Gasteiger partial charge in [0, 0.05) is 6.54 Å². The van der Waals surface area contributed by atoms with Gasteiger partial charge in [-0.05, 0) is 83.4 Å². The maximum atomic E-state index is 9.95. The van der Waals surface area contributed by atoms with Crippen molar-refractivity contribution in [1.29, 1.82) is 0 Å². The minimum Gasteiger partial charge on any atom is -0.507 e. The van der Waals surface area contributed by atoms with E-state index in [9.17, 15) is 5.11 Å². The number of rotatable bonds is 0. The predicted octanol–water partition coefficient (Wildman–Crippen LogP) is 3.31. The molecule has 1 N–H and O–H groups in total. The second kappa shape index (κ2) is 4.24. The van der Waals surface area contributed by atoms with Crippen LogP contribution < -0.4 is 0 Å². The highest BCUT2D eigenvalue weighted by Crippen LogP contribution is 2.46. The van der Waals surface area contributed by atoms with Crippen molar-refractivity contribution in [2.24, 2.45) is 5.92 Å². The van der Waals surface area contributed by atoms with Gasteiger partial charge in [0.15, 0.2) is 0 Å². The molecule has 2 bridgehead atoms. The Morgan fingerprint density at radius 2 is 2.22 bits per heavy atom. The van der Waals surface area contributed by atoms with Crippen LogP contribution in [0.3, 0.4) is 0 Å². The molecule has 0 spiro atoms. The van der Waals surface area contributed by atoms with Gasteiger partial charge in [-0.15, -0.1) is 0 Å². The lowest BCUT2D eigenvalue weighted by atomic mass is 9.66. The fourth-order valence-corrected chi connectivity index (χ4v) is 4.19. The molecule has 1 aliphatic heterocycles. The summed E-state index contributed by atoms with van der Waals surface area (Å²) in [5.41, 5.74) is 3.03. The zero-order valence-corrected chi connectivity index (χ0v) is 12.6. The number of hydrogen-bond donors (Lipinski definition) is 1. The molecule has 3 rings (SSSR count). The van der Waals surface area contributed by atoms with Gasteiger partial charge in [-0.3, -0.25) is 0 Å². The van der Waals surface area contributed by atoms with Gasteiger partial charge in [0.25, 0.3) is 0 Å². The van der Waals surface area contributed by atoms with Crippen molar-refractivity contribution in [3.8, 4) is 5.75 Å². The lowest BCUT2D eigenvalue weighted by molar-refractivity contribution is 0.289. The second-order valence-electron chi connectivity index (χ2n) is 6.31. The van der Waals surface area contributed by atoms with Crippen LogP contribution in [0.2, 0.25) is 0 Å². The maximum absolute atomic E-state index is 9.95. The molecule has 1 fully saturated rings. The van der Waals surface area contributed by atoms with Crippen LogP contribution in [0.5, 0.6) is 5.75 Å². The van der Waals surface area contributed by atoms with Crippen LogP contribution in [0, 0.1) is 5.92 Å². The summed E-state index contributed by atoms with van der Waals surface area (Å²) < 4.78 is 0.830. The number of benzene rings is 1. The molecule has 1 aromatic rings. The minimum atomic E-state index is 0.237. The monoisotopic (exact) mass is 309 g/mol. The third-order valence-electron chi connectivity index (χ3n) is 4.69. The van der Waals surface area contributed by atoms with E-state index < -0.39 is 0 Å². The van der Waals surface area contributed by atoms with Crippen LogP contribution in [0.15, 0.2) is 16.6 Å². The van der Waals surface area contributed by atoms with E-state index in [4.69, 9.17) is 0 Å². The number of likely N-dealkylation sites (tertiary alicyclic amines) is 1. The van der Waals surface area contributed by atoms with Crippen molar-refractivity contribution < 1.29 is 5.11 Å². The molecule has 0 radical (unpaired) electrons. The quantitative estimate of drug-likeness (QED) is 0.795. The normalized spacial score (nSPS) is 31.8. The van der Waals surface area contributed by atoms with Crippen LogP contribution in [0.1, 0.15) is 30.9 Å². The summed E-state index contributed by atoms with van der Waals surface area (Å²) in [6.45, 7) is 4.72. The Bertz CT molecular complexity index is 488. The number of phenolic OH excluding ortho intramolecular Hbond substituents is 1. The number of fused-ring (bicyclic) bond motifs is 4. The van der Waals surface area contributed by atoms with Crippen molar-refractivity contribution in [3.63, 3.8) is 0 Å². The van der Waals surface area contributed by atoms with Crippen LogP contribution in [-0.4, -0.2) is 30.1 Å². The van der Waals surface area contributed by atoms with Gasteiger partial charge in [0.1, 0.15) is 5.75 Å². The molecule has 0 amide bonds. The Kier molecular flexibility index (Phi) is 2.94. The highest BCUT2D eigenvalue weighted by atomic mass is 79.9.